The van der Waals surface area contributed by atoms with Crippen LogP contribution in [-0.2, 0) is 0 Å². The van der Waals surface area contributed by atoms with Gasteiger partial charge in [0.2, 0.25) is 4.77 Å². The van der Waals surface area contributed by atoms with Gasteiger partial charge in [-0.25, -0.2) is 9.36 Å². The highest BCUT2D eigenvalue weighted by Gasteiger charge is 2.33. The first kappa shape index (κ1) is 11.2. The molecule has 3 rings (SSSR count). The van der Waals surface area contributed by atoms with Gasteiger partial charge in [-0.3, -0.25) is 4.98 Å². The maximum absolute atomic E-state index is 11.8. The van der Waals surface area contributed by atoms with E-state index in [-0.39, 0.29) is 28.6 Å². The van der Waals surface area contributed by atoms with Crippen molar-refractivity contribution in [3.8, 4) is 6.01 Å². The predicted molar refractivity (Wildman–Crippen MR) is 68.2 cm³/mol. The molecule has 92 valence electrons. The van der Waals surface area contributed by atoms with Gasteiger partial charge in [0.05, 0.1) is 6.04 Å². The Morgan fingerprint density at radius 2 is 2.11 bits per heavy atom. The molecule has 1 aromatic carbocycles. The number of rotatable bonds is 1. The van der Waals surface area contributed by atoms with Crippen molar-refractivity contribution >= 4 is 12.2 Å². The number of aromatic nitrogens is 3. The van der Waals surface area contributed by atoms with Crippen molar-refractivity contribution in [1.82, 2.24) is 14.5 Å². The third-order valence-corrected chi connectivity index (χ3v) is 3.24. The first-order valence-electron chi connectivity index (χ1n) is 5.61. The van der Waals surface area contributed by atoms with Crippen molar-refractivity contribution in [2.45, 2.75) is 19.1 Å². The molecule has 1 aliphatic rings. The number of hydrogen-bond donors (Lipinski definition) is 1. The largest absolute Gasteiger partial charge is 0.454 e. The van der Waals surface area contributed by atoms with Crippen molar-refractivity contribution in [3.63, 3.8) is 0 Å². The van der Waals surface area contributed by atoms with Gasteiger partial charge < -0.3 is 4.74 Å². The molecule has 1 aliphatic heterocycles. The molecule has 18 heavy (non-hydrogen) atoms. The summed E-state index contributed by atoms with van der Waals surface area (Å²) in [5.41, 5.74) is 0.733. The monoisotopic (exact) mass is 261 g/mol. The van der Waals surface area contributed by atoms with E-state index in [0.29, 0.717) is 0 Å². The van der Waals surface area contributed by atoms with Crippen LogP contribution in [0.25, 0.3) is 0 Å². The molecular formula is C12H11N3O2S. The van der Waals surface area contributed by atoms with Crippen molar-refractivity contribution in [2.75, 3.05) is 0 Å². The molecule has 1 aromatic heterocycles. The summed E-state index contributed by atoms with van der Waals surface area (Å²) in [4.78, 5) is 18.4. The van der Waals surface area contributed by atoms with Crippen LogP contribution >= 0.6 is 12.2 Å². The maximum Gasteiger partial charge on any atom is 0.332 e. The molecular weight excluding hydrogens is 250 g/mol. The third-order valence-electron chi connectivity index (χ3n) is 3.04. The smallest absolute Gasteiger partial charge is 0.332 e. The molecule has 2 aromatic rings. The lowest BCUT2D eigenvalue weighted by Crippen LogP contribution is -2.24. The second kappa shape index (κ2) is 4.06. The van der Waals surface area contributed by atoms with Gasteiger partial charge in [0.25, 0.3) is 0 Å². The summed E-state index contributed by atoms with van der Waals surface area (Å²) in [7, 11) is 0. The zero-order valence-corrected chi connectivity index (χ0v) is 10.5. The first-order chi connectivity index (χ1) is 8.66. The minimum absolute atomic E-state index is 0.116. The van der Waals surface area contributed by atoms with Crippen molar-refractivity contribution in [3.05, 3.63) is 51.2 Å². The number of hydrogen-bond acceptors (Lipinski definition) is 4. The molecule has 0 aliphatic carbocycles. The minimum atomic E-state index is -0.282. The summed E-state index contributed by atoms with van der Waals surface area (Å²) in [6.07, 6.45) is -0.211. The molecule has 2 atom stereocenters. The molecule has 5 nitrogen and oxygen atoms in total. The van der Waals surface area contributed by atoms with E-state index < -0.39 is 0 Å². The van der Waals surface area contributed by atoms with E-state index in [1.807, 2.05) is 37.3 Å². The number of ether oxygens (including phenoxy) is 1. The van der Waals surface area contributed by atoms with Gasteiger partial charge in [-0.1, -0.05) is 30.3 Å². The number of nitrogens with one attached hydrogen (secondary N) is 1. The van der Waals surface area contributed by atoms with Crippen molar-refractivity contribution in [1.29, 1.82) is 0 Å². The van der Waals surface area contributed by atoms with Crippen molar-refractivity contribution in [2.24, 2.45) is 0 Å². The highest BCUT2D eigenvalue weighted by atomic mass is 32.1. The Labute approximate surface area is 108 Å². The van der Waals surface area contributed by atoms with Crippen LogP contribution in [0.1, 0.15) is 24.6 Å². The number of fused-ring (bicyclic) bond motifs is 1. The Hall–Kier alpha value is -1.95. The van der Waals surface area contributed by atoms with Gasteiger partial charge in [-0.2, -0.15) is 4.98 Å². The van der Waals surface area contributed by atoms with Gasteiger partial charge in [0, 0.05) is 0 Å². The van der Waals surface area contributed by atoms with Gasteiger partial charge in [-0.15, -0.1) is 0 Å². The van der Waals surface area contributed by atoms with Gasteiger partial charge >= 0.3 is 11.7 Å². The van der Waals surface area contributed by atoms with Crippen LogP contribution in [0.3, 0.4) is 0 Å². The summed E-state index contributed by atoms with van der Waals surface area (Å²) < 4.78 is 7.37. The molecule has 0 amide bonds. The van der Waals surface area contributed by atoms with Gasteiger partial charge in [0.1, 0.15) is 6.10 Å². The Balaban J connectivity index is 2.10. The molecule has 2 unspecified atom stereocenters. The maximum atomic E-state index is 11.8. The topological polar surface area (TPSA) is 59.9 Å². The predicted octanol–water partition coefficient (Wildman–Crippen LogP) is 2.00. The third kappa shape index (κ3) is 1.65. The van der Waals surface area contributed by atoms with Crippen LogP contribution in [0.4, 0.5) is 0 Å². The zero-order valence-electron chi connectivity index (χ0n) is 9.66. The number of H-pyrrole nitrogens is 1. The molecule has 0 spiro atoms. The first-order valence-corrected chi connectivity index (χ1v) is 6.02. The molecule has 0 saturated carbocycles. The lowest BCUT2D eigenvalue weighted by molar-refractivity contribution is 0.206. The number of nitrogens with zero attached hydrogens (tertiary/aromatic N) is 2. The van der Waals surface area contributed by atoms with Crippen LogP contribution in [0.5, 0.6) is 6.01 Å². The van der Waals surface area contributed by atoms with Crippen LogP contribution in [0.2, 0.25) is 0 Å². The highest BCUT2D eigenvalue weighted by Crippen LogP contribution is 2.36. The normalized spacial score (nSPS) is 21.4. The molecule has 1 N–H and O–H groups in total. The number of benzene rings is 1. The second-order valence-corrected chi connectivity index (χ2v) is 4.58. The van der Waals surface area contributed by atoms with E-state index in [1.165, 1.54) is 4.57 Å². The summed E-state index contributed by atoms with van der Waals surface area (Å²) >= 11 is 4.87. The SMILES string of the molecule is CC1C(c2ccccc2)Oc2nc(=S)[nH]c(=O)n21. The molecule has 0 fully saturated rings. The quantitative estimate of drug-likeness (QED) is 0.798. The lowest BCUT2D eigenvalue weighted by Gasteiger charge is -2.14. The van der Waals surface area contributed by atoms with Gasteiger partial charge in [0.15, 0.2) is 0 Å². The summed E-state index contributed by atoms with van der Waals surface area (Å²) in [6.45, 7) is 1.92. The fraction of sp³-hybridized carbons (Fsp3) is 0.250. The Morgan fingerprint density at radius 1 is 1.39 bits per heavy atom. The lowest BCUT2D eigenvalue weighted by atomic mass is 10.0. The second-order valence-electron chi connectivity index (χ2n) is 4.19. The molecule has 0 bridgehead atoms. The van der Waals surface area contributed by atoms with Crippen LogP contribution in [0, 0.1) is 4.77 Å². The van der Waals surface area contributed by atoms with Gasteiger partial charge in [-0.05, 0) is 24.7 Å². The Bertz CT molecular complexity index is 692. The molecule has 6 heteroatoms. The zero-order chi connectivity index (χ0) is 12.7. The van der Waals surface area contributed by atoms with Crippen LogP contribution in [-0.4, -0.2) is 14.5 Å². The fourth-order valence-corrected chi connectivity index (χ4v) is 2.35. The van der Waals surface area contributed by atoms with E-state index >= 15 is 0 Å². The Kier molecular flexibility index (Phi) is 2.52. The average molecular weight is 261 g/mol. The molecule has 0 radical (unpaired) electrons. The van der Waals surface area contributed by atoms with E-state index in [9.17, 15) is 4.79 Å². The van der Waals surface area contributed by atoms with Crippen LogP contribution < -0.4 is 10.4 Å². The standard InChI is InChI=1S/C12H11N3O2S/c1-7-9(8-5-3-2-4-6-8)17-12-14-10(18)13-11(16)15(7)12/h2-7,9H,1H3,(H,13,16,18). The van der Waals surface area contributed by atoms with Crippen molar-refractivity contribution < 1.29 is 4.74 Å². The van der Waals surface area contributed by atoms with E-state index in [1.54, 1.807) is 0 Å². The highest BCUT2D eigenvalue weighted by molar-refractivity contribution is 7.71. The van der Waals surface area contributed by atoms with Crippen LogP contribution in [0.15, 0.2) is 35.1 Å². The Morgan fingerprint density at radius 3 is 2.83 bits per heavy atom. The average Bonchev–Trinajstić information content (AvgIpc) is 2.67. The number of aromatic amines is 1. The summed E-state index contributed by atoms with van der Waals surface area (Å²) in [6, 6.07) is 9.92. The fourth-order valence-electron chi connectivity index (χ4n) is 2.19. The summed E-state index contributed by atoms with van der Waals surface area (Å²) in [5.74, 6) is 0. The molecule has 2 heterocycles. The van der Waals surface area contributed by atoms with E-state index in [0.717, 1.165) is 5.56 Å². The molecule has 0 saturated heterocycles. The minimum Gasteiger partial charge on any atom is -0.454 e. The summed E-state index contributed by atoms with van der Waals surface area (Å²) in [5, 5.41) is 0. The van der Waals surface area contributed by atoms with E-state index in [4.69, 9.17) is 17.0 Å². The van der Waals surface area contributed by atoms with E-state index in [2.05, 4.69) is 9.97 Å².